The highest BCUT2D eigenvalue weighted by atomic mass is 16.8. The Balaban J connectivity index is 3.12. The van der Waals surface area contributed by atoms with Crippen molar-refractivity contribution in [2.45, 2.75) is 98.3 Å². The summed E-state index contributed by atoms with van der Waals surface area (Å²) < 4.78 is 31.6. The van der Waals surface area contributed by atoms with E-state index in [-0.39, 0.29) is 43.0 Å². The Kier molecular flexibility index (Phi) is 13.9. The third kappa shape index (κ3) is 12.2. The highest BCUT2D eigenvalue weighted by Gasteiger charge is 2.27. The van der Waals surface area contributed by atoms with Crippen LogP contribution in [0.2, 0.25) is 0 Å². The Morgan fingerprint density at radius 1 is 0.850 bits per heavy atom. The maximum absolute atomic E-state index is 12.5. The molecule has 0 heterocycles. The van der Waals surface area contributed by atoms with Crippen LogP contribution in [0.1, 0.15) is 80.2 Å². The van der Waals surface area contributed by atoms with E-state index in [2.05, 4.69) is 5.32 Å². The Morgan fingerprint density at radius 3 is 1.90 bits per heavy atom. The molecule has 1 N–H and O–H groups in total. The lowest BCUT2D eigenvalue weighted by atomic mass is 10.1. The summed E-state index contributed by atoms with van der Waals surface area (Å²) in [7, 11) is 1.26. The lowest BCUT2D eigenvalue weighted by Crippen LogP contribution is -2.41. The highest BCUT2D eigenvalue weighted by molar-refractivity contribution is 5.76. The first kappa shape index (κ1) is 34.7. The molecule has 40 heavy (non-hydrogen) atoms. The summed E-state index contributed by atoms with van der Waals surface area (Å²) in [4.78, 5) is 49.3. The second-order valence-corrected chi connectivity index (χ2v) is 10.6. The van der Waals surface area contributed by atoms with Gasteiger partial charge in [0.2, 0.25) is 0 Å². The molecule has 11 nitrogen and oxygen atoms in total. The standard InChI is InChI=1S/C29H45NO10/c1-10-19(4)24(31)36-16-15-30-21(25(32)35-9)17-20-13-14-22(37-26(33)39-28(5,6)11-2)23(18-20)38-27(34)40-29(7,8)12-3/h13-14,18-19,21,30H,10-12,15-17H2,1-9H3/t19?,21-/m0/s1. The second-order valence-electron chi connectivity index (χ2n) is 10.6. The fraction of sp³-hybridized carbons (Fsp3) is 0.655. The number of carbonyl (C=O) groups excluding carboxylic acids is 4. The molecule has 0 bridgehead atoms. The van der Waals surface area contributed by atoms with Crippen LogP contribution in [0.15, 0.2) is 18.2 Å². The fourth-order valence-corrected chi connectivity index (χ4v) is 2.97. The SMILES string of the molecule is CCC(C)C(=O)OCCN[C@@H](Cc1ccc(OC(=O)OC(C)(C)CC)c(OC(=O)OC(C)(C)CC)c1)C(=O)OC. The van der Waals surface area contributed by atoms with Crippen LogP contribution in [0.3, 0.4) is 0 Å². The zero-order valence-corrected chi connectivity index (χ0v) is 25.2. The third-order valence-electron chi connectivity index (χ3n) is 6.49. The Morgan fingerprint density at radius 2 is 1.40 bits per heavy atom. The average Bonchev–Trinajstić information content (AvgIpc) is 2.89. The number of hydrogen-bond donors (Lipinski definition) is 1. The van der Waals surface area contributed by atoms with Gasteiger partial charge in [-0.1, -0.05) is 33.8 Å². The molecule has 0 saturated heterocycles. The predicted octanol–water partition coefficient (Wildman–Crippen LogP) is 5.36. The van der Waals surface area contributed by atoms with Crippen molar-refractivity contribution in [1.29, 1.82) is 0 Å². The normalized spacial score (nSPS) is 13.0. The molecule has 1 unspecified atom stereocenters. The van der Waals surface area contributed by atoms with E-state index in [1.165, 1.54) is 19.2 Å². The van der Waals surface area contributed by atoms with Crippen LogP contribution in [0.5, 0.6) is 11.5 Å². The van der Waals surface area contributed by atoms with Crippen LogP contribution in [0.4, 0.5) is 9.59 Å². The first-order valence-electron chi connectivity index (χ1n) is 13.6. The summed E-state index contributed by atoms with van der Waals surface area (Å²) in [5, 5.41) is 3.02. The van der Waals surface area contributed by atoms with Gasteiger partial charge in [-0.3, -0.25) is 9.59 Å². The van der Waals surface area contributed by atoms with E-state index < -0.39 is 35.5 Å². The van der Waals surface area contributed by atoms with Gasteiger partial charge in [-0.25, -0.2) is 9.59 Å². The van der Waals surface area contributed by atoms with E-state index in [9.17, 15) is 19.2 Å². The molecule has 0 radical (unpaired) electrons. The molecule has 226 valence electrons. The molecule has 0 fully saturated rings. The van der Waals surface area contributed by atoms with E-state index in [1.54, 1.807) is 40.7 Å². The molecule has 0 saturated carbocycles. The number of nitrogens with one attached hydrogen (secondary N) is 1. The number of carbonyl (C=O) groups is 4. The minimum absolute atomic E-state index is 0.0635. The van der Waals surface area contributed by atoms with Crippen molar-refractivity contribution in [1.82, 2.24) is 5.32 Å². The molecule has 0 aliphatic carbocycles. The van der Waals surface area contributed by atoms with Gasteiger partial charge in [-0.2, -0.15) is 0 Å². The topological polar surface area (TPSA) is 136 Å². The van der Waals surface area contributed by atoms with Crippen molar-refractivity contribution < 1.29 is 47.6 Å². The lowest BCUT2D eigenvalue weighted by Gasteiger charge is -2.24. The lowest BCUT2D eigenvalue weighted by molar-refractivity contribution is -0.148. The molecule has 2 atom stereocenters. The first-order chi connectivity index (χ1) is 18.7. The van der Waals surface area contributed by atoms with Gasteiger partial charge >= 0.3 is 24.2 Å². The smallest absolute Gasteiger partial charge is 0.468 e. The van der Waals surface area contributed by atoms with Gasteiger partial charge in [0.05, 0.1) is 13.0 Å². The summed E-state index contributed by atoms with van der Waals surface area (Å²) in [5.74, 6) is -1.21. The van der Waals surface area contributed by atoms with Gasteiger partial charge in [0.1, 0.15) is 23.9 Å². The van der Waals surface area contributed by atoms with Crippen LogP contribution in [-0.2, 0) is 35.0 Å². The maximum atomic E-state index is 12.5. The molecular formula is C29H45NO10. The van der Waals surface area contributed by atoms with Gasteiger partial charge < -0.3 is 33.7 Å². The maximum Gasteiger partial charge on any atom is 0.514 e. The van der Waals surface area contributed by atoms with Gasteiger partial charge in [0.25, 0.3) is 0 Å². The minimum Gasteiger partial charge on any atom is -0.468 e. The molecule has 0 amide bonds. The van der Waals surface area contributed by atoms with Crippen LogP contribution in [0, 0.1) is 5.92 Å². The molecule has 0 aromatic heterocycles. The summed E-state index contributed by atoms with van der Waals surface area (Å²) >= 11 is 0. The number of hydrogen-bond acceptors (Lipinski definition) is 11. The van der Waals surface area contributed by atoms with Crippen LogP contribution < -0.4 is 14.8 Å². The van der Waals surface area contributed by atoms with E-state index in [4.69, 9.17) is 28.4 Å². The third-order valence-corrected chi connectivity index (χ3v) is 6.49. The van der Waals surface area contributed by atoms with Crippen molar-refractivity contribution in [3.8, 4) is 11.5 Å². The Bertz CT molecular complexity index is 1000. The first-order valence-corrected chi connectivity index (χ1v) is 13.6. The van der Waals surface area contributed by atoms with Crippen molar-refractivity contribution >= 4 is 24.2 Å². The number of ether oxygens (including phenoxy) is 6. The monoisotopic (exact) mass is 567 g/mol. The van der Waals surface area contributed by atoms with Crippen LogP contribution in [0.25, 0.3) is 0 Å². The molecule has 1 aromatic carbocycles. The number of esters is 2. The van der Waals surface area contributed by atoms with Gasteiger partial charge in [0.15, 0.2) is 11.5 Å². The largest absolute Gasteiger partial charge is 0.514 e. The summed E-state index contributed by atoms with van der Waals surface area (Å²) in [6.07, 6.45) is -0.0518. The predicted molar refractivity (Wildman–Crippen MR) is 147 cm³/mol. The van der Waals surface area contributed by atoms with E-state index in [0.29, 0.717) is 24.8 Å². The summed E-state index contributed by atoms with van der Waals surface area (Å²) in [5.41, 5.74) is -0.977. The van der Waals surface area contributed by atoms with Gasteiger partial charge in [0, 0.05) is 6.54 Å². The quantitative estimate of drug-likeness (QED) is 0.127. The average molecular weight is 568 g/mol. The molecule has 11 heteroatoms. The van der Waals surface area contributed by atoms with Gasteiger partial charge in [-0.05, 0) is 71.1 Å². The Labute approximate surface area is 237 Å². The van der Waals surface area contributed by atoms with E-state index in [1.807, 2.05) is 20.8 Å². The second kappa shape index (κ2) is 16.1. The zero-order chi connectivity index (χ0) is 30.5. The summed E-state index contributed by atoms with van der Waals surface area (Å²) in [6, 6.07) is 3.72. The fourth-order valence-electron chi connectivity index (χ4n) is 2.97. The van der Waals surface area contributed by atoms with Crippen molar-refractivity contribution in [3.05, 3.63) is 23.8 Å². The summed E-state index contributed by atoms with van der Waals surface area (Å²) in [6.45, 7) is 14.6. The highest BCUT2D eigenvalue weighted by Crippen LogP contribution is 2.31. The molecule has 0 aliphatic heterocycles. The zero-order valence-electron chi connectivity index (χ0n) is 25.2. The Hall–Kier alpha value is -3.34. The molecule has 1 rings (SSSR count). The van der Waals surface area contributed by atoms with Crippen molar-refractivity contribution in [3.63, 3.8) is 0 Å². The molecule has 1 aromatic rings. The van der Waals surface area contributed by atoms with Crippen LogP contribution >= 0.6 is 0 Å². The van der Waals surface area contributed by atoms with Crippen LogP contribution in [-0.4, -0.2) is 61.8 Å². The van der Waals surface area contributed by atoms with Crippen molar-refractivity contribution in [2.75, 3.05) is 20.3 Å². The minimum atomic E-state index is -0.984. The van der Waals surface area contributed by atoms with Gasteiger partial charge in [-0.15, -0.1) is 0 Å². The van der Waals surface area contributed by atoms with Crippen molar-refractivity contribution in [2.24, 2.45) is 5.92 Å². The van der Waals surface area contributed by atoms with E-state index in [0.717, 1.165) is 0 Å². The van der Waals surface area contributed by atoms with E-state index >= 15 is 0 Å². The molecular weight excluding hydrogens is 522 g/mol. The molecule has 0 spiro atoms. The molecule has 0 aliphatic rings. The number of benzene rings is 1. The number of rotatable bonds is 15. The number of methoxy groups -OCH3 is 1.